The van der Waals surface area contributed by atoms with Crippen LogP contribution in [0.1, 0.15) is 12.0 Å². The summed E-state index contributed by atoms with van der Waals surface area (Å²) < 4.78 is 11.0. The van der Waals surface area contributed by atoms with Crippen LogP contribution in [0.25, 0.3) is 0 Å². The molecule has 2 aliphatic rings. The van der Waals surface area contributed by atoms with Gasteiger partial charge in [0, 0.05) is 19.5 Å². The van der Waals surface area contributed by atoms with Crippen LogP contribution in [0.2, 0.25) is 0 Å². The number of rotatable bonds is 3. The number of fused-ring (bicyclic) bond motifs is 1. The van der Waals surface area contributed by atoms with Gasteiger partial charge in [0.25, 0.3) is 5.91 Å². The summed E-state index contributed by atoms with van der Waals surface area (Å²) >= 11 is 0. The molecule has 1 fully saturated rings. The lowest BCUT2D eigenvalue weighted by molar-refractivity contribution is -0.139. The van der Waals surface area contributed by atoms with E-state index in [0.717, 1.165) is 23.5 Å². The maximum Gasteiger partial charge on any atom is 0.290 e. The van der Waals surface area contributed by atoms with E-state index >= 15 is 0 Å². The van der Waals surface area contributed by atoms with E-state index in [4.69, 9.17) is 9.47 Å². The van der Waals surface area contributed by atoms with Crippen molar-refractivity contribution < 1.29 is 19.1 Å². The van der Waals surface area contributed by atoms with Gasteiger partial charge in [-0.15, -0.1) is 0 Å². The predicted octanol–water partition coefficient (Wildman–Crippen LogP) is 0.802. The second-order valence-electron chi connectivity index (χ2n) is 4.69. The van der Waals surface area contributed by atoms with Crippen molar-refractivity contribution in [2.75, 3.05) is 26.3 Å². The lowest BCUT2D eigenvalue weighted by atomic mass is 10.1. The van der Waals surface area contributed by atoms with Crippen LogP contribution in [-0.2, 0) is 16.0 Å². The van der Waals surface area contributed by atoms with Gasteiger partial charge in [-0.2, -0.15) is 0 Å². The molecule has 100 valence electrons. The Morgan fingerprint density at radius 1 is 1.11 bits per heavy atom. The monoisotopic (exact) mass is 261 g/mol. The summed E-state index contributed by atoms with van der Waals surface area (Å²) in [5.41, 5.74) is 1.08. The average molecular weight is 261 g/mol. The predicted molar refractivity (Wildman–Crippen MR) is 67.3 cm³/mol. The molecule has 0 bridgehead atoms. The van der Waals surface area contributed by atoms with Gasteiger partial charge in [-0.05, 0) is 24.1 Å². The molecule has 0 spiro atoms. The van der Waals surface area contributed by atoms with Crippen molar-refractivity contribution in [3.05, 3.63) is 23.8 Å². The Labute approximate surface area is 111 Å². The maximum atomic E-state index is 11.5. The molecule has 0 unspecified atom stereocenters. The van der Waals surface area contributed by atoms with E-state index in [1.54, 1.807) is 4.90 Å². The van der Waals surface area contributed by atoms with Crippen molar-refractivity contribution in [1.82, 2.24) is 4.90 Å². The average Bonchev–Trinajstić information content (AvgIpc) is 2.76. The highest BCUT2D eigenvalue weighted by atomic mass is 16.6. The number of carbonyl (C=O) groups excluding carboxylic acids is 2. The van der Waals surface area contributed by atoms with Gasteiger partial charge < -0.3 is 14.4 Å². The molecule has 0 saturated carbocycles. The molecule has 1 aromatic rings. The lowest BCUT2D eigenvalue weighted by Crippen LogP contribution is -2.29. The van der Waals surface area contributed by atoms with Crippen LogP contribution in [0.3, 0.4) is 0 Å². The molecule has 1 saturated heterocycles. The van der Waals surface area contributed by atoms with Gasteiger partial charge in [0.2, 0.25) is 5.78 Å². The van der Waals surface area contributed by atoms with E-state index in [0.29, 0.717) is 32.7 Å². The summed E-state index contributed by atoms with van der Waals surface area (Å²) in [6.07, 6.45) is 1.07. The standard InChI is InChI=1S/C14H15NO4/c16-11-4-6-15(14(11)17)5-3-10-1-2-12-13(9-10)19-8-7-18-12/h1-2,9H,3-8H2. The van der Waals surface area contributed by atoms with Crippen LogP contribution < -0.4 is 9.47 Å². The van der Waals surface area contributed by atoms with Crippen LogP contribution in [0.5, 0.6) is 11.5 Å². The van der Waals surface area contributed by atoms with Crippen molar-refractivity contribution in [1.29, 1.82) is 0 Å². The SMILES string of the molecule is O=C1CCN(CCc2ccc3c(c2)OCCO3)C1=O. The molecule has 0 radical (unpaired) electrons. The molecule has 2 heterocycles. The van der Waals surface area contributed by atoms with Gasteiger partial charge in [-0.25, -0.2) is 0 Å². The number of ketones is 1. The first-order valence-corrected chi connectivity index (χ1v) is 6.45. The quantitative estimate of drug-likeness (QED) is 0.755. The smallest absolute Gasteiger partial charge is 0.290 e. The minimum Gasteiger partial charge on any atom is -0.486 e. The molecular formula is C14H15NO4. The third kappa shape index (κ3) is 2.41. The Kier molecular flexibility index (Phi) is 3.11. The van der Waals surface area contributed by atoms with E-state index in [9.17, 15) is 9.59 Å². The number of benzene rings is 1. The van der Waals surface area contributed by atoms with Gasteiger partial charge >= 0.3 is 0 Å². The summed E-state index contributed by atoms with van der Waals surface area (Å²) in [4.78, 5) is 24.3. The molecule has 1 aromatic carbocycles. The lowest BCUT2D eigenvalue weighted by Gasteiger charge is -2.19. The molecule has 1 amide bonds. The molecule has 0 atom stereocenters. The first kappa shape index (κ1) is 12.0. The number of hydrogen-bond acceptors (Lipinski definition) is 4. The van der Waals surface area contributed by atoms with E-state index < -0.39 is 0 Å². The molecule has 5 heteroatoms. The first-order valence-electron chi connectivity index (χ1n) is 6.45. The van der Waals surface area contributed by atoms with Crippen LogP contribution in [0.15, 0.2) is 18.2 Å². The van der Waals surface area contributed by atoms with E-state index in [-0.39, 0.29) is 11.7 Å². The number of carbonyl (C=O) groups is 2. The van der Waals surface area contributed by atoms with Gasteiger partial charge in [-0.1, -0.05) is 6.07 Å². The molecular weight excluding hydrogens is 246 g/mol. The topological polar surface area (TPSA) is 55.8 Å². The molecule has 2 aliphatic heterocycles. The van der Waals surface area contributed by atoms with Crippen molar-refractivity contribution >= 4 is 11.7 Å². The third-order valence-corrected chi connectivity index (χ3v) is 3.41. The maximum absolute atomic E-state index is 11.5. The molecule has 19 heavy (non-hydrogen) atoms. The van der Waals surface area contributed by atoms with E-state index in [1.165, 1.54) is 0 Å². The summed E-state index contributed by atoms with van der Waals surface area (Å²) in [6.45, 7) is 2.26. The first-order chi connectivity index (χ1) is 9.24. The van der Waals surface area contributed by atoms with Crippen LogP contribution in [0, 0.1) is 0 Å². The fraction of sp³-hybridized carbons (Fsp3) is 0.429. The Balaban J connectivity index is 1.64. The normalized spacial score (nSPS) is 18.0. The van der Waals surface area contributed by atoms with Crippen molar-refractivity contribution in [2.45, 2.75) is 12.8 Å². The fourth-order valence-electron chi connectivity index (χ4n) is 2.34. The molecule has 3 rings (SSSR count). The highest BCUT2D eigenvalue weighted by Crippen LogP contribution is 2.30. The highest BCUT2D eigenvalue weighted by Gasteiger charge is 2.28. The Hall–Kier alpha value is -2.04. The number of Topliss-reactive ketones (excluding diaryl/α,β-unsaturated/α-hetero) is 1. The second kappa shape index (κ2) is 4.91. The van der Waals surface area contributed by atoms with E-state index in [1.807, 2.05) is 18.2 Å². The molecule has 0 aliphatic carbocycles. The number of nitrogens with zero attached hydrogens (tertiary/aromatic N) is 1. The zero-order valence-corrected chi connectivity index (χ0v) is 10.6. The molecule has 0 N–H and O–H groups in total. The minimum atomic E-state index is -0.349. The number of hydrogen-bond donors (Lipinski definition) is 0. The number of amides is 1. The summed E-state index contributed by atoms with van der Waals surface area (Å²) in [7, 11) is 0. The highest BCUT2D eigenvalue weighted by molar-refractivity contribution is 6.37. The zero-order chi connectivity index (χ0) is 13.2. The zero-order valence-electron chi connectivity index (χ0n) is 10.6. The Morgan fingerprint density at radius 2 is 1.89 bits per heavy atom. The fourth-order valence-corrected chi connectivity index (χ4v) is 2.34. The Morgan fingerprint density at radius 3 is 2.63 bits per heavy atom. The van der Waals surface area contributed by atoms with Crippen LogP contribution >= 0.6 is 0 Å². The van der Waals surface area contributed by atoms with Crippen molar-refractivity contribution in [3.8, 4) is 11.5 Å². The number of likely N-dealkylation sites (tertiary alicyclic amines) is 1. The van der Waals surface area contributed by atoms with Crippen molar-refractivity contribution in [3.63, 3.8) is 0 Å². The molecule has 5 nitrogen and oxygen atoms in total. The van der Waals surface area contributed by atoms with Gasteiger partial charge in [0.05, 0.1) is 0 Å². The van der Waals surface area contributed by atoms with Gasteiger partial charge in [0.1, 0.15) is 13.2 Å². The summed E-state index contributed by atoms with van der Waals surface area (Å²) in [6, 6.07) is 5.80. The molecule has 0 aromatic heterocycles. The van der Waals surface area contributed by atoms with E-state index in [2.05, 4.69) is 0 Å². The minimum absolute atomic E-state index is 0.276. The third-order valence-electron chi connectivity index (χ3n) is 3.41. The Bertz CT molecular complexity index is 526. The second-order valence-corrected chi connectivity index (χ2v) is 4.69. The van der Waals surface area contributed by atoms with Gasteiger partial charge in [0.15, 0.2) is 11.5 Å². The van der Waals surface area contributed by atoms with Crippen molar-refractivity contribution in [2.24, 2.45) is 0 Å². The summed E-state index contributed by atoms with van der Waals surface area (Å²) in [5.74, 6) is 0.898. The summed E-state index contributed by atoms with van der Waals surface area (Å²) in [5, 5.41) is 0. The van der Waals surface area contributed by atoms with Crippen LogP contribution in [0.4, 0.5) is 0 Å². The largest absolute Gasteiger partial charge is 0.486 e. The van der Waals surface area contributed by atoms with Gasteiger partial charge in [-0.3, -0.25) is 9.59 Å². The van der Waals surface area contributed by atoms with Crippen LogP contribution in [-0.4, -0.2) is 42.9 Å². The number of ether oxygens (including phenoxy) is 2.